The number of benzene rings is 1. The van der Waals surface area contributed by atoms with E-state index in [-0.39, 0.29) is 5.78 Å². The molecular formula is C20H17N5O. The van der Waals surface area contributed by atoms with E-state index >= 15 is 0 Å². The number of carbonyl (C=O) groups excluding carboxylic acids is 1. The molecule has 0 unspecified atom stereocenters. The van der Waals surface area contributed by atoms with E-state index in [2.05, 4.69) is 20.7 Å². The Morgan fingerprint density at radius 1 is 1.31 bits per heavy atom. The number of aromatic nitrogens is 4. The Balaban J connectivity index is 1.58. The van der Waals surface area contributed by atoms with E-state index in [4.69, 9.17) is 0 Å². The number of hydrogen-bond acceptors (Lipinski definition) is 4. The van der Waals surface area contributed by atoms with E-state index in [1.807, 2.05) is 31.2 Å². The third-order valence-corrected chi connectivity index (χ3v) is 4.79. The lowest BCUT2D eigenvalue weighted by Gasteiger charge is -2.02. The molecule has 0 bridgehead atoms. The van der Waals surface area contributed by atoms with Gasteiger partial charge in [-0.05, 0) is 43.5 Å². The lowest BCUT2D eigenvalue weighted by molar-refractivity contribution is 0.104. The van der Waals surface area contributed by atoms with Crippen molar-refractivity contribution >= 4 is 11.9 Å². The zero-order valence-electron chi connectivity index (χ0n) is 14.4. The van der Waals surface area contributed by atoms with Crippen molar-refractivity contribution < 1.29 is 4.79 Å². The van der Waals surface area contributed by atoms with Gasteiger partial charge in [0.15, 0.2) is 5.78 Å². The molecule has 6 heteroatoms. The fourth-order valence-corrected chi connectivity index (χ4v) is 3.52. The summed E-state index contributed by atoms with van der Waals surface area (Å²) in [5.74, 6) is -0.124. The molecule has 26 heavy (non-hydrogen) atoms. The predicted octanol–water partition coefficient (Wildman–Crippen LogP) is 3.09. The molecule has 0 aliphatic carbocycles. The minimum absolute atomic E-state index is 0.124. The average molecular weight is 343 g/mol. The molecule has 1 aromatic carbocycles. The van der Waals surface area contributed by atoms with E-state index in [0.717, 1.165) is 42.0 Å². The van der Waals surface area contributed by atoms with E-state index in [1.165, 1.54) is 6.33 Å². The van der Waals surface area contributed by atoms with Gasteiger partial charge < -0.3 is 4.57 Å². The summed E-state index contributed by atoms with van der Waals surface area (Å²) in [6.45, 7) is 2.81. The van der Waals surface area contributed by atoms with Gasteiger partial charge in [0, 0.05) is 17.9 Å². The summed E-state index contributed by atoms with van der Waals surface area (Å²) in [5, 5.41) is 13.6. The molecule has 0 fully saturated rings. The van der Waals surface area contributed by atoms with Gasteiger partial charge in [0.05, 0.1) is 16.8 Å². The maximum Gasteiger partial charge on any atom is 0.189 e. The van der Waals surface area contributed by atoms with Crippen LogP contribution in [-0.2, 0) is 13.0 Å². The van der Waals surface area contributed by atoms with Gasteiger partial charge in [0.25, 0.3) is 0 Å². The number of ketones is 1. The van der Waals surface area contributed by atoms with Crippen LogP contribution in [0.15, 0.2) is 43.0 Å². The zero-order valence-corrected chi connectivity index (χ0v) is 14.4. The Morgan fingerprint density at radius 2 is 2.12 bits per heavy atom. The summed E-state index contributed by atoms with van der Waals surface area (Å²) in [4.78, 5) is 16.6. The minimum atomic E-state index is -0.124. The second-order valence-electron chi connectivity index (χ2n) is 6.28. The van der Waals surface area contributed by atoms with Gasteiger partial charge in [-0.25, -0.2) is 9.67 Å². The van der Waals surface area contributed by atoms with Gasteiger partial charge in [-0.15, -0.1) is 0 Å². The molecule has 0 saturated heterocycles. The Bertz CT molecular complexity index is 1030. The smallest absolute Gasteiger partial charge is 0.189 e. The van der Waals surface area contributed by atoms with E-state index in [1.54, 1.807) is 23.2 Å². The highest BCUT2D eigenvalue weighted by molar-refractivity contribution is 6.09. The molecule has 3 aromatic rings. The van der Waals surface area contributed by atoms with Crippen molar-refractivity contribution in [2.24, 2.45) is 0 Å². The molecule has 0 atom stereocenters. The topological polar surface area (TPSA) is 76.5 Å². The van der Waals surface area contributed by atoms with Gasteiger partial charge in [-0.3, -0.25) is 4.79 Å². The molecule has 0 saturated carbocycles. The van der Waals surface area contributed by atoms with Crippen LogP contribution in [-0.4, -0.2) is 25.1 Å². The van der Waals surface area contributed by atoms with Crippen molar-refractivity contribution in [3.05, 3.63) is 71.1 Å². The monoisotopic (exact) mass is 343 g/mol. The SMILES string of the molecule is Cc1c(C(=O)/C=C\c2ccc(-n3cncn3)cc2)c(C#N)c2n1CCC2. The highest BCUT2D eigenvalue weighted by Crippen LogP contribution is 2.29. The van der Waals surface area contributed by atoms with E-state index in [0.29, 0.717) is 11.1 Å². The maximum absolute atomic E-state index is 12.7. The third-order valence-electron chi connectivity index (χ3n) is 4.79. The first-order chi connectivity index (χ1) is 12.7. The average Bonchev–Trinajstić information content (AvgIpc) is 3.39. The quantitative estimate of drug-likeness (QED) is 0.539. The van der Waals surface area contributed by atoms with Crippen molar-refractivity contribution in [2.45, 2.75) is 26.3 Å². The summed E-state index contributed by atoms with van der Waals surface area (Å²) in [5.41, 5.74) is 4.78. The fraction of sp³-hybridized carbons (Fsp3) is 0.200. The normalized spacial score (nSPS) is 13.1. The summed E-state index contributed by atoms with van der Waals surface area (Å²) >= 11 is 0. The Labute approximate surface area is 151 Å². The van der Waals surface area contributed by atoms with Crippen LogP contribution in [0.3, 0.4) is 0 Å². The van der Waals surface area contributed by atoms with Crippen molar-refractivity contribution in [1.82, 2.24) is 19.3 Å². The van der Waals surface area contributed by atoms with Crippen LogP contribution in [0.1, 0.15) is 39.3 Å². The number of hydrogen-bond donors (Lipinski definition) is 0. The Hall–Kier alpha value is -3.46. The number of nitrogens with zero attached hydrogens (tertiary/aromatic N) is 5. The molecule has 0 N–H and O–H groups in total. The molecule has 1 aliphatic rings. The molecule has 3 heterocycles. The van der Waals surface area contributed by atoms with Crippen LogP contribution >= 0.6 is 0 Å². The first-order valence-electron chi connectivity index (χ1n) is 8.48. The highest BCUT2D eigenvalue weighted by Gasteiger charge is 2.26. The van der Waals surface area contributed by atoms with Gasteiger partial charge in [0.2, 0.25) is 0 Å². The lowest BCUT2D eigenvalue weighted by Crippen LogP contribution is -2.01. The lowest BCUT2D eigenvalue weighted by atomic mass is 10.0. The number of allylic oxidation sites excluding steroid dienone is 1. The zero-order chi connectivity index (χ0) is 18.1. The molecule has 0 amide bonds. The van der Waals surface area contributed by atoms with Crippen molar-refractivity contribution in [3.63, 3.8) is 0 Å². The van der Waals surface area contributed by atoms with Crippen LogP contribution in [0.5, 0.6) is 0 Å². The number of fused-ring (bicyclic) bond motifs is 1. The largest absolute Gasteiger partial charge is 0.347 e. The van der Waals surface area contributed by atoms with E-state index in [9.17, 15) is 10.1 Å². The van der Waals surface area contributed by atoms with Gasteiger partial charge in [-0.1, -0.05) is 18.2 Å². The fourth-order valence-electron chi connectivity index (χ4n) is 3.52. The molecular weight excluding hydrogens is 326 g/mol. The summed E-state index contributed by atoms with van der Waals surface area (Å²) in [7, 11) is 0. The van der Waals surface area contributed by atoms with Crippen LogP contribution in [0.25, 0.3) is 11.8 Å². The number of nitriles is 1. The summed E-state index contributed by atoms with van der Waals surface area (Å²) in [6.07, 6.45) is 8.33. The van der Waals surface area contributed by atoms with Crippen LogP contribution in [0.2, 0.25) is 0 Å². The second kappa shape index (κ2) is 6.45. The first kappa shape index (κ1) is 16.0. The van der Waals surface area contributed by atoms with E-state index < -0.39 is 0 Å². The van der Waals surface area contributed by atoms with Gasteiger partial charge >= 0.3 is 0 Å². The van der Waals surface area contributed by atoms with Gasteiger partial charge in [0.1, 0.15) is 18.7 Å². The molecule has 0 radical (unpaired) electrons. The Kier molecular flexibility index (Phi) is 3.98. The summed E-state index contributed by atoms with van der Waals surface area (Å²) in [6, 6.07) is 9.89. The molecule has 6 nitrogen and oxygen atoms in total. The van der Waals surface area contributed by atoms with Crippen LogP contribution in [0, 0.1) is 18.3 Å². The van der Waals surface area contributed by atoms with Gasteiger partial charge in [-0.2, -0.15) is 10.4 Å². The van der Waals surface area contributed by atoms with Crippen LogP contribution in [0.4, 0.5) is 0 Å². The van der Waals surface area contributed by atoms with Crippen LogP contribution < -0.4 is 0 Å². The maximum atomic E-state index is 12.7. The number of carbonyl (C=O) groups is 1. The predicted molar refractivity (Wildman–Crippen MR) is 96.9 cm³/mol. The first-order valence-corrected chi connectivity index (χ1v) is 8.48. The standard InChI is InChI=1S/C20H17N5O/c1-14-20(17(11-21)18-3-2-10-24(14)18)19(26)9-6-15-4-7-16(8-5-15)25-13-22-12-23-25/h4-9,12-13H,2-3,10H2,1H3/b9-6-. The highest BCUT2D eigenvalue weighted by atomic mass is 16.1. The minimum Gasteiger partial charge on any atom is -0.347 e. The molecule has 0 spiro atoms. The van der Waals surface area contributed by atoms with Crippen molar-refractivity contribution in [1.29, 1.82) is 5.26 Å². The second-order valence-corrected chi connectivity index (χ2v) is 6.28. The molecule has 128 valence electrons. The molecule has 4 rings (SSSR count). The molecule has 1 aliphatic heterocycles. The number of rotatable bonds is 4. The van der Waals surface area contributed by atoms with Crippen molar-refractivity contribution in [3.8, 4) is 11.8 Å². The van der Waals surface area contributed by atoms with Crippen molar-refractivity contribution in [2.75, 3.05) is 0 Å². The summed E-state index contributed by atoms with van der Waals surface area (Å²) < 4.78 is 3.77. The molecule has 2 aromatic heterocycles. The Morgan fingerprint density at radius 3 is 2.81 bits per heavy atom. The third kappa shape index (κ3) is 2.64.